The first-order chi connectivity index (χ1) is 22.6. The number of thiophene rings is 4. The Labute approximate surface area is 284 Å². The highest BCUT2D eigenvalue weighted by atomic mass is 32.1. The van der Waals surface area contributed by atoms with Crippen molar-refractivity contribution in [3.05, 3.63) is 89.0 Å². The van der Waals surface area contributed by atoms with Gasteiger partial charge in [-0.15, -0.1) is 45.3 Å². The van der Waals surface area contributed by atoms with Crippen molar-refractivity contribution in [3.8, 4) is 0 Å². The summed E-state index contributed by atoms with van der Waals surface area (Å²) in [4.78, 5) is 64.6. The molecule has 9 nitrogen and oxygen atoms in total. The Bertz CT molecular complexity index is 2260. The normalized spacial score (nSPS) is 18.5. The summed E-state index contributed by atoms with van der Waals surface area (Å²) in [5.41, 5.74) is 6.42. The van der Waals surface area contributed by atoms with Gasteiger partial charge in [0.2, 0.25) is 0 Å². The number of nitrogens with zero attached hydrogens (tertiary/aromatic N) is 5. The summed E-state index contributed by atoms with van der Waals surface area (Å²) in [5, 5.41) is 3.89. The first kappa shape index (κ1) is 28.6. The summed E-state index contributed by atoms with van der Waals surface area (Å²) in [5.74, 6) is -0.739. The zero-order valence-corrected chi connectivity index (χ0v) is 29.1. The van der Waals surface area contributed by atoms with Gasteiger partial charge in [0.1, 0.15) is 0 Å². The number of hydrogen-bond donors (Lipinski definition) is 0. The van der Waals surface area contributed by atoms with Gasteiger partial charge < -0.3 is 24.2 Å². The lowest BCUT2D eigenvalue weighted by Crippen LogP contribution is -2.24. The minimum Gasteiger partial charge on any atom is -0.339 e. The highest BCUT2D eigenvalue weighted by Crippen LogP contribution is 2.52. The summed E-state index contributed by atoms with van der Waals surface area (Å²) in [6.07, 6.45) is 0. The van der Waals surface area contributed by atoms with E-state index in [4.69, 9.17) is 0 Å². The molecule has 0 N–H and O–H groups in total. The van der Waals surface area contributed by atoms with Gasteiger partial charge in [-0.3, -0.25) is 19.2 Å². The van der Waals surface area contributed by atoms with E-state index in [1.165, 1.54) is 22.7 Å². The fourth-order valence-corrected chi connectivity index (χ4v) is 11.5. The van der Waals surface area contributed by atoms with Gasteiger partial charge in [-0.25, -0.2) is 0 Å². The first-order valence-electron chi connectivity index (χ1n) is 14.9. The molecule has 234 valence electrons. The molecule has 5 aromatic heterocycles. The lowest BCUT2D eigenvalue weighted by atomic mass is 10.1. The van der Waals surface area contributed by atoms with E-state index in [1.54, 1.807) is 70.5 Å². The number of amides is 4. The third-order valence-corrected chi connectivity index (χ3v) is 13.5. The van der Waals surface area contributed by atoms with Crippen LogP contribution in [0.15, 0.2) is 69.5 Å². The topological polar surface area (TPSA) is 86.2 Å². The number of carbonyl (C=O) groups is 4. The quantitative estimate of drug-likeness (QED) is 0.220. The molecule has 9 heterocycles. The molecule has 0 spiro atoms. The van der Waals surface area contributed by atoms with Crippen LogP contribution in [-0.2, 0) is 25.7 Å². The third-order valence-electron chi connectivity index (χ3n) is 9.37. The molecular weight excluding hydrogens is 671 g/mol. The van der Waals surface area contributed by atoms with Gasteiger partial charge in [-0.1, -0.05) is 12.1 Å². The molecule has 9 rings (SSSR count). The van der Waals surface area contributed by atoms with E-state index in [0.717, 1.165) is 39.9 Å². The van der Waals surface area contributed by atoms with Crippen LogP contribution in [0.2, 0.25) is 0 Å². The maximum Gasteiger partial charge on any atom is 0.261 e. The molecule has 0 bridgehead atoms. The molecule has 0 aliphatic carbocycles. The Morgan fingerprint density at radius 3 is 1.17 bits per heavy atom. The van der Waals surface area contributed by atoms with Gasteiger partial charge in [0.05, 0.1) is 85.0 Å². The van der Waals surface area contributed by atoms with Gasteiger partial charge in [0.25, 0.3) is 23.6 Å². The summed E-state index contributed by atoms with van der Waals surface area (Å²) >= 11 is 6.13. The smallest absolute Gasteiger partial charge is 0.261 e. The molecule has 4 amide bonds. The van der Waals surface area contributed by atoms with E-state index in [1.807, 2.05) is 35.0 Å². The van der Waals surface area contributed by atoms with E-state index < -0.39 is 0 Å². The highest BCUT2D eigenvalue weighted by molar-refractivity contribution is 7.28. The van der Waals surface area contributed by atoms with Crippen LogP contribution >= 0.6 is 45.3 Å². The highest BCUT2D eigenvalue weighted by Gasteiger charge is 2.49. The monoisotopic (exact) mass is 695 g/mol. The number of aryl methyl sites for hydroxylation is 1. The van der Waals surface area contributed by atoms with Crippen molar-refractivity contribution in [2.24, 2.45) is 0 Å². The number of hydrogen-bond acceptors (Lipinski definition) is 8. The molecule has 0 saturated carbocycles. The molecule has 0 saturated heterocycles. The lowest BCUT2D eigenvalue weighted by Gasteiger charge is -2.18. The van der Waals surface area contributed by atoms with Crippen molar-refractivity contribution in [1.82, 2.24) is 24.2 Å². The molecule has 4 aliphatic rings. The Morgan fingerprint density at radius 2 is 0.872 bits per heavy atom. The predicted molar refractivity (Wildman–Crippen MR) is 188 cm³/mol. The van der Waals surface area contributed by atoms with Crippen molar-refractivity contribution in [1.29, 1.82) is 0 Å². The van der Waals surface area contributed by atoms with Crippen molar-refractivity contribution in [2.75, 3.05) is 28.2 Å². The van der Waals surface area contributed by atoms with Crippen molar-refractivity contribution in [2.45, 2.75) is 13.5 Å². The van der Waals surface area contributed by atoms with Crippen LogP contribution in [-0.4, -0.2) is 76.0 Å². The summed E-state index contributed by atoms with van der Waals surface area (Å²) in [7, 11) is 6.92. The third kappa shape index (κ3) is 3.51. The first-order valence-corrected chi connectivity index (χ1v) is 18.3. The molecule has 0 unspecified atom stereocenters. The maximum absolute atomic E-state index is 13.7. The summed E-state index contributed by atoms with van der Waals surface area (Å²) < 4.78 is 4.31. The molecule has 0 atom stereocenters. The minimum absolute atomic E-state index is 0.185. The average molecular weight is 696 g/mol. The second-order valence-electron chi connectivity index (χ2n) is 11.7. The largest absolute Gasteiger partial charge is 0.339 e. The summed E-state index contributed by atoms with van der Waals surface area (Å²) in [6, 6.07) is 11.9. The number of carbonyl (C=O) groups excluding carboxylic acids is 4. The van der Waals surface area contributed by atoms with Crippen molar-refractivity contribution in [3.63, 3.8) is 0 Å². The van der Waals surface area contributed by atoms with Crippen LogP contribution in [0.4, 0.5) is 0 Å². The Kier molecular flexibility index (Phi) is 5.93. The zero-order chi connectivity index (χ0) is 32.6. The SMILES string of the molecule is CCn1c2cc(C3=C4C(=O)N(C)C(c5cccs5)=C4C(=O)N3C)sc2c2sc(C3=C4C(=O)N(C)C(c5cccs5)=C4C(=O)N3C)cc21. The molecule has 4 aliphatic heterocycles. The summed E-state index contributed by atoms with van der Waals surface area (Å²) in [6.45, 7) is 2.78. The fourth-order valence-electron chi connectivity index (χ4n) is 7.23. The Hall–Kier alpha value is -4.56. The van der Waals surface area contributed by atoms with Gasteiger partial charge in [0.15, 0.2) is 0 Å². The van der Waals surface area contributed by atoms with Crippen LogP contribution < -0.4 is 0 Å². The molecule has 47 heavy (non-hydrogen) atoms. The number of likely N-dealkylation sites (N-methyl/N-ethyl adjacent to an activating group) is 4. The standard InChI is InChI=1S/C34H25N5O4S4/c1-6-39-15-13-19(27-23-21(31(40)37(27)4)25(35(2)33(23)42)17-9-7-11-44-17)46-29(15)30-16(39)14-20(47-30)28-24-22(32(41)38(28)5)26(36(3)34(24)43)18-10-8-12-45-18/h7-14H,6H2,1-5H3. The van der Waals surface area contributed by atoms with Crippen molar-refractivity contribution >= 4 is 112 Å². The van der Waals surface area contributed by atoms with Gasteiger partial charge >= 0.3 is 0 Å². The Morgan fingerprint density at radius 1 is 0.532 bits per heavy atom. The van der Waals surface area contributed by atoms with E-state index >= 15 is 0 Å². The van der Waals surface area contributed by atoms with E-state index in [9.17, 15) is 19.2 Å². The molecule has 0 radical (unpaired) electrons. The van der Waals surface area contributed by atoms with Crippen LogP contribution in [0.25, 0.3) is 43.2 Å². The molecular formula is C34H25N5O4S4. The number of aromatic nitrogens is 1. The van der Waals surface area contributed by atoms with E-state index in [-0.39, 0.29) is 23.6 Å². The van der Waals surface area contributed by atoms with Crippen molar-refractivity contribution < 1.29 is 19.2 Å². The lowest BCUT2D eigenvalue weighted by molar-refractivity contribution is -0.123. The molecule has 13 heteroatoms. The predicted octanol–water partition coefficient (Wildman–Crippen LogP) is 6.19. The van der Waals surface area contributed by atoms with Crippen LogP contribution in [0.1, 0.15) is 26.4 Å². The Balaban J connectivity index is 1.23. The zero-order valence-electron chi connectivity index (χ0n) is 25.8. The second-order valence-corrected chi connectivity index (χ2v) is 15.7. The average Bonchev–Trinajstić information content (AvgIpc) is 3.90. The van der Waals surface area contributed by atoms with Crippen LogP contribution in [0.5, 0.6) is 0 Å². The fraction of sp³-hybridized carbons (Fsp3) is 0.176. The number of rotatable bonds is 5. The van der Waals surface area contributed by atoms with Crippen LogP contribution in [0.3, 0.4) is 0 Å². The van der Waals surface area contributed by atoms with Gasteiger partial charge in [-0.05, 0) is 41.9 Å². The van der Waals surface area contributed by atoms with Gasteiger partial charge in [0, 0.05) is 34.7 Å². The van der Waals surface area contributed by atoms with E-state index in [2.05, 4.69) is 23.6 Å². The molecule has 0 fully saturated rings. The minimum atomic E-state index is -0.185. The maximum atomic E-state index is 13.7. The van der Waals surface area contributed by atoms with E-state index in [0.29, 0.717) is 51.6 Å². The number of fused-ring (bicyclic) bond motifs is 5. The molecule has 0 aromatic carbocycles. The second kappa shape index (κ2) is 9.73. The van der Waals surface area contributed by atoms with Gasteiger partial charge in [-0.2, -0.15) is 0 Å². The van der Waals surface area contributed by atoms with Crippen LogP contribution in [0, 0.1) is 0 Å². The molecule has 5 aromatic rings.